The summed E-state index contributed by atoms with van der Waals surface area (Å²) in [5.41, 5.74) is 0.833. The monoisotopic (exact) mass is 358 g/mol. The molecule has 0 unspecified atom stereocenters. The van der Waals surface area contributed by atoms with Crippen molar-refractivity contribution < 1.29 is 14.3 Å². The number of hydrogen-bond acceptors (Lipinski definition) is 3. The van der Waals surface area contributed by atoms with Gasteiger partial charge in [-0.2, -0.15) is 0 Å². The van der Waals surface area contributed by atoms with Crippen LogP contribution in [-0.2, 0) is 9.59 Å². The van der Waals surface area contributed by atoms with Crippen molar-refractivity contribution in [3.63, 3.8) is 0 Å². The third-order valence-corrected chi connectivity index (χ3v) is 5.41. The van der Waals surface area contributed by atoms with Gasteiger partial charge in [0.1, 0.15) is 5.75 Å². The standard InChI is InChI=1S/C21H30N2O3/c1-2-26-19-12-10-18(11-13-19)23-15-16(14-20(23)24)21(25)22-17-8-6-4-3-5-7-9-17/h10-13,16-17H,2-9,14-15H2,1H3,(H,22,25)/t16-/m1/s1. The van der Waals surface area contributed by atoms with Gasteiger partial charge in [-0.05, 0) is 44.0 Å². The number of anilines is 1. The third kappa shape index (κ3) is 4.77. The van der Waals surface area contributed by atoms with Gasteiger partial charge < -0.3 is 15.0 Å². The van der Waals surface area contributed by atoms with Crippen molar-refractivity contribution in [3.05, 3.63) is 24.3 Å². The van der Waals surface area contributed by atoms with Crippen molar-refractivity contribution in [1.29, 1.82) is 0 Å². The average Bonchev–Trinajstić information content (AvgIpc) is 3.00. The van der Waals surface area contributed by atoms with Crippen LogP contribution in [0.1, 0.15) is 58.3 Å². The number of amides is 2. The van der Waals surface area contributed by atoms with Crippen LogP contribution in [0.5, 0.6) is 5.75 Å². The molecule has 5 nitrogen and oxygen atoms in total. The van der Waals surface area contributed by atoms with E-state index >= 15 is 0 Å². The van der Waals surface area contributed by atoms with Crippen molar-refractivity contribution in [3.8, 4) is 5.75 Å². The van der Waals surface area contributed by atoms with Crippen molar-refractivity contribution in [2.24, 2.45) is 5.92 Å². The molecule has 2 fully saturated rings. The SMILES string of the molecule is CCOc1ccc(N2C[C@H](C(=O)NC3CCCCCCC3)CC2=O)cc1. The predicted octanol–water partition coefficient (Wildman–Crippen LogP) is 3.67. The van der Waals surface area contributed by atoms with Crippen LogP contribution in [0.15, 0.2) is 24.3 Å². The van der Waals surface area contributed by atoms with E-state index in [0.29, 0.717) is 19.6 Å². The average molecular weight is 358 g/mol. The van der Waals surface area contributed by atoms with Gasteiger partial charge in [0.15, 0.2) is 0 Å². The number of ether oxygens (including phenoxy) is 1. The molecule has 3 rings (SSSR count). The highest BCUT2D eigenvalue weighted by Gasteiger charge is 2.35. The fourth-order valence-electron chi connectivity index (χ4n) is 3.94. The highest BCUT2D eigenvalue weighted by Crippen LogP contribution is 2.27. The first kappa shape index (κ1) is 18.7. The summed E-state index contributed by atoms with van der Waals surface area (Å²) in [7, 11) is 0. The molecule has 1 N–H and O–H groups in total. The Hall–Kier alpha value is -2.04. The Morgan fingerprint density at radius 3 is 2.42 bits per heavy atom. The van der Waals surface area contributed by atoms with E-state index in [1.807, 2.05) is 31.2 Å². The molecule has 0 radical (unpaired) electrons. The van der Waals surface area contributed by atoms with E-state index in [2.05, 4.69) is 5.32 Å². The lowest BCUT2D eigenvalue weighted by Gasteiger charge is -2.23. The molecular formula is C21H30N2O3. The van der Waals surface area contributed by atoms with Gasteiger partial charge in [0.25, 0.3) is 0 Å². The number of nitrogens with one attached hydrogen (secondary N) is 1. The molecule has 1 saturated carbocycles. The van der Waals surface area contributed by atoms with Crippen LogP contribution in [-0.4, -0.2) is 31.0 Å². The van der Waals surface area contributed by atoms with Gasteiger partial charge in [-0.3, -0.25) is 9.59 Å². The minimum atomic E-state index is -0.250. The fourth-order valence-corrected chi connectivity index (χ4v) is 3.94. The maximum atomic E-state index is 12.7. The van der Waals surface area contributed by atoms with Crippen LogP contribution in [0.3, 0.4) is 0 Å². The summed E-state index contributed by atoms with van der Waals surface area (Å²) >= 11 is 0. The highest BCUT2D eigenvalue weighted by atomic mass is 16.5. The number of rotatable bonds is 5. The van der Waals surface area contributed by atoms with Gasteiger partial charge in [-0.25, -0.2) is 0 Å². The highest BCUT2D eigenvalue weighted by molar-refractivity contribution is 6.00. The molecule has 1 aromatic rings. The zero-order valence-electron chi connectivity index (χ0n) is 15.7. The summed E-state index contributed by atoms with van der Waals surface area (Å²) in [6.45, 7) is 3.02. The Bertz CT molecular complexity index is 606. The quantitative estimate of drug-likeness (QED) is 0.874. The maximum absolute atomic E-state index is 12.7. The van der Waals surface area contributed by atoms with E-state index in [0.717, 1.165) is 24.3 Å². The summed E-state index contributed by atoms with van der Waals surface area (Å²) < 4.78 is 5.45. The van der Waals surface area contributed by atoms with Crippen LogP contribution in [0.2, 0.25) is 0 Å². The van der Waals surface area contributed by atoms with Crippen LogP contribution < -0.4 is 15.0 Å². The predicted molar refractivity (Wildman–Crippen MR) is 102 cm³/mol. The molecule has 1 heterocycles. The molecule has 2 amide bonds. The lowest BCUT2D eigenvalue weighted by Crippen LogP contribution is -2.40. The molecule has 2 aliphatic rings. The van der Waals surface area contributed by atoms with Gasteiger partial charge in [0.2, 0.25) is 11.8 Å². The summed E-state index contributed by atoms with van der Waals surface area (Å²) in [4.78, 5) is 26.8. The van der Waals surface area contributed by atoms with Crippen LogP contribution in [0, 0.1) is 5.92 Å². The molecule has 0 aromatic heterocycles. The van der Waals surface area contributed by atoms with Crippen LogP contribution in [0.4, 0.5) is 5.69 Å². The zero-order chi connectivity index (χ0) is 18.4. The van der Waals surface area contributed by atoms with Crippen molar-refractivity contribution >= 4 is 17.5 Å². The van der Waals surface area contributed by atoms with E-state index in [1.54, 1.807) is 4.90 Å². The lowest BCUT2D eigenvalue weighted by molar-refractivity contribution is -0.127. The number of carbonyl (C=O) groups excluding carboxylic acids is 2. The van der Waals surface area contributed by atoms with E-state index in [1.165, 1.54) is 32.1 Å². The summed E-state index contributed by atoms with van der Waals surface area (Å²) in [5.74, 6) is 0.602. The Morgan fingerprint density at radius 1 is 1.12 bits per heavy atom. The number of benzene rings is 1. The minimum absolute atomic E-state index is 0.0203. The first-order valence-electron chi connectivity index (χ1n) is 10.0. The molecule has 1 saturated heterocycles. The second-order valence-electron chi connectivity index (χ2n) is 7.38. The van der Waals surface area contributed by atoms with Crippen molar-refractivity contribution in [1.82, 2.24) is 5.32 Å². The number of hydrogen-bond donors (Lipinski definition) is 1. The minimum Gasteiger partial charge on any atom is -0.494 e. The van der Waals surface area contributed by atoms with Gasteiger partial charge in [0.05, 0.1) is 12.5 Å². The molecule has 0 bridgehead atoms. The second kappa shape index (κ2) is 9.06. The van der Waals surface area contributed by atoms with Gasteiger partial charge in [0, 0.05) is 24.7 Å². The van der Waals surface area contributed by atoms with E-state index < -0.39 is 0 Å². The topological polar surface area (TPSA) is 58.6 Å². The Balaban J connectivity index is 1.56. The second-order valence-corrected chi connectivity index (χ2v) is 7.38. The third-order valence-electron chi connectivity index (χ3n) is 5.41. The van der Waals surface area contributed by atoms with E-state index in [4.69, 9.17) is 4.74 Å². The molecular weight excluding hydrogens is 328 g/mol. The van der Waals surface area contributed by atoms with Crippen molar-refractivity contribution in [2.45, 2.75) is 64.3 Å². The van der Waals surface area contributed by atoms with Crippen LogP contribution in [0.25, 0.3) is 0 Å². The normalized spacial score (nSPS) is 22.0. The first-order chi connectivity index (χ1) is 12.7. The summed E-state index contributed by atoms with van der Waals surface area (Å²) in [6, 6.07) is 7.79. The zero-order valence-corrected chi connectivity index (χ0v) is 15.7. The van der Waals surface area contributed by atoms with E-state index in [9.17, 15) is 9.59 Å². The number of nitrogens with zero attached hydrogens (tertiary/aromatic N) is 1. The molecule has 1 atom stereocenters. The molecule has 142 valence electrons. The Morgan fingerprint density at radius 2 is 1.77 bits per heavy atom. The van der Waals surface area contributed by atoms with Crippen LogP contribution >= 0.6 is 0 Å². The summed E-state index contributed by atoms with van der Waals surface area (Å²) in [6.07, 6.45) is 8.64. The fraction of sp³-hybridized carbons (Fsp3) is 0.619. The van der Waals surface area contributed by atoms with Gasteiger partial charge in [-0.15, -0.1) is 0 Å². The largest absolute Gasteiger partial charge is 0.494 e. The lowest BCUT2D eigenvalue weighted by atomic mass is 9.96. The molecule has 1 aliphatic carbocycles. The maximum Gasteiger partial charge on any atom is 0.227 e. The van der Waals surface area contributed by atoms with Gasteiger partial charge in [-0.1, -0.05) is 32.1 Å². The molecule has 5 heteroatoms. The molecule has 0 spiro atoms. The number of carbonyl (C=O) groups is 2. The van der Waals surface area contributed by atoms with Crippen molar-refractivity contribution in [2.75, 3.05) is 18.1 Å². The molecule has 1 aliphatic heterocycles. The first-order valence-corrected chi connectivity index (χ1v) is 10.0. The van der Waals surface area contributed by atoms with Gasteiger partial charge >= 0.3 is 0 Å². The molecule has 1 aromatic carbocycles. The molecule has 26 heavy (non-hydrogen) atoms. The smallest absolute Gasteiger partial charge is 0.227 e. The Kier molecular flexibility index (Phi) is 6.53. The Labute approximate surface area is 156 Å². The van der Waals surface area contributed by atoms with E-state index in [-0.39, 0.29) is 23.8 Å². The summed E-state index contributed by atoms with van der Waals surface area (Å²) in [5, 5.41) is 3.21.